The number of carbonyl (C=O) groups excluding carboxylic acids is 2. The predicted octanol–water partition coefficient (Wildman–Crippen LogP) is 2.72. The number of ether oxygens (including phenoxy) is 1. The molecule has 1 aliphatic rings. The van der Waals surface area contributed by atoms with Gasteiger partial charge < -0.3 is 4.74 Å². The van der Waals surface area contributed by atoms with E-state index in [2.05, 4.69) is 5.43 Å². The van der Waals surface area contributed by atoms with E-state index < -0.39 is 16.7 Å². The molecule has 132 valence electrons. The zero-order chi connectivity index (χ0) is 18.8. The Morgan fingerprint density at radius 2 is 2.00 bits per heavy atom. The highest BCUT2D eigenvalue weighted by molar-refractivity contribution is 6.33. The van der Waals surface area contributed by atoms with Crippen molar-refractivity contribution >= 4 is 40.9 Å². The fourth-order valence-electron chi connectivity index (χ4n) is 2.46. The molecule has 2 amide bonds. The Labute approximate surface area is 152 Å². The van der Waals surface area contributed by atoms with E-state index in [-0.39, 0.29) is 17.0 Å². The third-order valence-corrected chi connectivity index (χ3v) is 3.90. The number of rotatable bonds is 4. The van der Waals surface area contributed by atoms with Gasteiger partial charge in [-0.2, -0.15) is 0 Å². The standard InChI is InChI=1S/C17H12ClN3O5/c1-26-15-6-5-10(8-14(15)21(24)25)7-13-16(22)19-20(17(13)23)12-4-2-3-11(18)9-12/h2-9H,1H3,(H,19,22)/b13-7+. The Hall–Kier alpha value is -3.39. The maximum Gasteiger partial charge on any atom is 0.311 e. The molecule has 3 rings (SSSR count). The van der Waals surface area contributed by atoms with Crippen LogP contribution in [-0.4, -0.2) is 23.8 Å². The average Bonchev–Trinajstić information content (AvgIpc) is 2.90. The number of methoxy groups -OCH3 is 1. The fourth-order valence-corrected chi connectivity index (χ4v) is 2.65. The van der Waals surface area contributed by atoms with Crippen molar-refractivity contribution in [1.29, 1.82) is 0 Å². The molecule has 1 aliphatic heterocycles. The van der Waals surface area contributed by atoms with E-state index >= 15 is 0 Å². The van der Waals surface area contributed by atoms with E-state index in [4.69, 9.17) is 16.3 Å². The molecule has 0 bridgehead atoms. The zero-order valence-corrected chi connectivity index (χ0v) is 14.2. The summed E-state index contributed by atoms with van der Waals surface area (Å²) in [5.41, 5.74) is 2.75. The molecule has 2 aromatic carbocycles. The zero-order valence-electron chi connectivity index (χ0n) is 13.4. The first-order valence-electron chi connectivity index (χ1n) is 7.36. The molecule has 1 fully saturated rings. The van der Waals surface area contributed by atoms with Crippen molar-refractivity contribution in [3.8, 4) is 5.75 Å². The van der Waals surface area contributed by atoms with Gasteiger partial charge in [-0.1, -0.05) is 23.7 Å². The highest BCUT2D eigenvalue weighted by atomic mass is 35.5. The van der Waals surface area contributed by atoms with Gasteiger partial charge >= 0.3 is 5.69 Å². The molecule has 1 N–H and O–H groups in total. The molecule has 0 unspecified atom stereocenters. The number of hydrogen-bond donors (Lipinski definition) is 1. The number of hydrazine groups is 1. The van der Waals surface area contributed by atoms with Crippen LogP contribution in [0.25, 0.3) is 6.08 Å². The van der Waals surface area contributed by atoms with Crippen LogP contribution >= 0.6 is 11.6 Å². The van der Waals surface area contributed by atoms with Gasteiger partial charge in [-0.3, -0.25) is 25.1 Å². The molecule has 2 aromatic rings. The van der Waals surface area contributed by atoms with Gasteiger partial charge in [-0.05, 0) is 35.9 Å². The van der Waals surface area contributed by atoms with Crippen LogP contribution in [-0.2, 0) is 9.59 Å². The molecule has 8 nitrogen and oxygen atoms in total. The molecule has 26 heavy (non-hydrogen) atoms. The summed E-state index contributed by atoms with van der Waals surface area (Å²) in [6, 6.07) is 10.6. The van der Waals surface area contributed by atoms with Crippen LogP contribution in [0.4, 0.5) is 11.4 Å². The number of nitro groups is 1. The normalized spacial score (nSPS) is 15.3. The van der Waals surface area contributed by atoms with Crippen LogP contribution in [0.1, 0.15) is 5.56 Å². The molecule has 0 spiro atoms. The monoisotopic (exact) mass is 373 g/mol. The number of hydrogen-bond acceptors (Lipinski definition) is 5. The Morgan fingerprint density at radius 1 is 1.23 bits per heavy atom. The van der Waals surface area contributed by atoms with Gasteiger partial charge in [0.1, 0.15) is 5.57 Å². The second-order valence-corrected chi connectivity index (χ2v) is 5.74. The Morgan fingerprint density at radius 3 is 2.65 bits per heavy atom. The molecule has 0 aromatic heterocycles. The average molecular weight is 374 g/mol. The number of amides is 2. The summed E-state index contributed by atoms with van der Waals surface area (Å²) >= 11 is 5.91. The lowest BCUT2D eigenvalue weighted by Gasteiger charge is -2.14. The Kier molecular flexibility index (Phi) is 4.59. The molecule has 0 atom stereocenters. The molecular weight excluding hydrogens is 362 g/mol. The lowest BCUT2D eigenvalue weighted by molar-refractivity contribution is -0.385. The number of halogens is 1. The van der Waals surface area contributed by atoms with E-state index in [1.54, 1.807) is 18.2 Å². The number of benzene rings is 2. The van der Waals surface area contributed by atoms with Crippen molar-refractivity contribution in [3.05, 3.63) is 68.7 Å². The van der Waals surface area contributed by atoms with E-state index in [0.29, 0.717) is 16.3 Å². The maximum atomic E-state index is 12.5. The van der Waals surface area contributed by atoms with Crippen LogP contribution < -0.4 is 15.2 Å². The summed E-state index contributed by atoms with van der Waals surface area (Å²) in [4.78, 5) is 35.2. The largest absolute Gasteiger partial charge is 0.490 e. The van der Waals surface area contributed by atoms with Crippen molar-refractivity contribution < 1.29 is 19.2 Å². The molecule has 1 saturated heterocycles. The van der Waals surface area contributed by atoms with Crippen molar-refractivity contribution in [3.63, 3.8) is 0 Å². The van der Waals surface area contributed by atoms with Gasteiger partial charge in [0.25, 0.3) is 11.8 Å². The first kappa shape index (κ1) is 17.4. The number of carbonyl (C=O) groups is 2. The van der Waals surface area contributed by atoms with Gasteiger partial charge in [0.15, 0.2) is 5.75 Å². The van der Waals surface area contributed by atoms with E-state index in [1.165, 1.54) is 37.5 Å². The van der Waals surface area contributed by atoms with Gasteiger partial charge in [0.2, 0.25) is 0 Å². The van der Waals surface area contributed by atoms with Crippen LogP contribution in [0.15, 0.2) is 48.0 Å². The second-order valence-electron chi connectivity index (χ2n) is 5.31. The lowest BCUT2D eigenvalue weighted by Crippen LogP contribution is -2.35. The fraction of sp³-hybridized carbons (Fsp3) is 0.0588. The maximum absolute atomic E-state index is 12.5. The first-order valence-corrected chi connectivity index (χ1v) is 7.73. The lowest BCUT2D eigenvalue weighted by atomic mass is 10.1. The van der Waals surface area contributed by atoms with Crippen molar-refractivity contribution in [2.75, 3.05) is 12.1 Å². The van der Waals surface area contributed by atoms with Crippen LogP contribution in [0.5, 0.6) is 5.75 Å². The van der Waals surface area contributed by atoms with E-state index in [1.807, 2.05) is 0 Å². The minimum Gasteiger partial charge on any atom is -0.490 e. The summed E-state index contributed by atoms with van der Waals surface area (Å²) in [6.07, 6.45) is 1.29. The van der Waals surface area contributed by atoms with Gasteiger partial charge in [-0.15, -0.1) is 0 Å². The number of nitrogens with zero attached hydrogens (tertiary/aromatic N) is 2. The Bertz CT molecular complexity index is 957. The summed E-state index contributed by atoms with van der Waals surface area (Å²) in [5.74, 6) is -1.12. The van der Waals surface area contributed by atoms with Crippen molar-refractivity contribution in [2.45, 2.75) is 0 Å². The highest BCUT2D eigenvalue weighted by Crippen LogP contribution is 2.29. The van der Waals surface area contributed by atoms with Crippen LogP contribution in [0, 0.1) is 10.1 Å². The van der Waals surface area contributed by atoms with Gasteiger partial charge in [-0.25, -0.2) is 5.01 Å². The topological polar surface area (TPSA) is 102 Å². The third-order valence-electron chi connectivity index (χ3n) is 3.67. The van der Waals surface area contributed by atoms with Gasteiger partial charge in [0.05, 0.1) is 17.7 Å². The summed E-state index contributed by atoms with van der Waals surface area (Å²) in [5, 5.41) is 12.6. The highest BCUT2D eigenvalue weighted by Gasteiger charge is 2.34. The Balaban J connectivity index is 1.97. The minimum absolute atomic E-state index is 0.0832. The second kappa shape index (κ2) is 6.85. The summed E-state index contributed by atoms with van der Waals surface area (Å²) in [6.45, 7) is 0. The third kappa shape index (κ3) is 3.22. The van der Waals surface area contributed by atoms with Crippen LogP contribution in [0.3, 0.4) is 0 Å². The molecular formula is C17H12ClN3O5. The molecule has 0 radical (unpaired) electrons. The molecule has 0 saturated carbocycles. The first-order chi connectivity index (χ1) is 12.4. The van der Waals surface area contributed by atoms with Crippen molar-refractivity contribution in [1.82, 2.24) is 5.43 Å². The smallest absolute Gasteiger partial charge is 0.311 e. The van der Waals surface area contributed by atoms with E-state index in [0.717, 1.165) is 5.01 Å². The van der Waals surface area contributed by atoms with Crippen LogP contribution in [0.2, 0.25) is 5.02 Å². The molecule has 1 heterocycles. The predicted molar refractivity (Wildman–Crippen MR) is 94.7 cm³/mol. The molecule has 0 aliphatic carbocycles. The number of nitro benzene ring substituents is 1. The molecule has 9 heteroatoms. The SMILES string of the molecule is COc1ccc(/C=C2\C(=O)NN(c3cccc(Cl)c3)C2=O)cc1[N+](=O)[O-]. The quantitative estimate of drug-likeness (QED) is 0.384. The number of anilines is 1. The summed E-state index contributed by atoms with van der Waals surface area (Å²) in [7, 11) is 1.32. The van der Waals surface area contributed by atoms with E-state index in [9.17, 15) is 19.7 Å². The minimum atomic E-state index is -0.617. The van der Waals surface area contributed by atoms with Gasteiger partial charge in [0, 0.05) is 11.1 Å². The number of nitrogens with one attached hydrogen (secondary N) is 1. The van der Waals surface area contributed by atoms with Crippen molar-refractivity contribution in [2.24, 2.45) is 0 Å². The summed E-state index contributed by atoms with van der Waals surface area (Å²) < 4.78 is 4.93.